The predicted molar refractivity (Wildman–Crippen MR) is 338 cm³/mol. The van der Waals surface area contributed by atoms with Crippen LogP contribution < -0.4 is 21.3 Å². The summed E-state index contributed by atoms with van der Waals surface area (Å²) in [4.78, 5) is 124. The van der Waals surface area contributed by atoms with Crippen LogP contribution in [0.4, 0.5) is 10.5 Å². The van der Waals surface area contributed by atoms with Crippen molar-refractivity contribution in [2.45, 2.75) is 199 Å². The summed E-state index contributed by atoms with van der Waals surface area (Å²) in [6.45, 7) is 20.0. The minimum atomic E-state index is -1.64. The number of ketones is 2. The number of likely N-dealkylation sites (N-methyl/N-ethyl adjacent to an activating group) is 1. The number of fused-ring (bicyclic) bond motifs is 5. The van der Waals surface area contributed by atoms with Crippen LogP contribution in [0.1, 0.15) is 153 Å². The molecule has 5 rings (SSSR count). The van der Waals surface area contributed by atoms with Crippen LogP contribution >= 0.6 is 27.5 Å². The molecule has 3 aliphatic heterocycles. The Bertz CT molecular complexity index is 2970. The number of aryl methyl sites for hydroxylation is 1. The molecule has 2 fully saturated rings. The minimum Gasteiger partial charge on any atom is -0.462 e. The molecule has 4 bridgehead atoms. The van der Waals surface area contributed by atoms with Gasteiger partial charge in [-0.1, -0.05) is 104 Å². The number of rotatable bonds is 26. The second kappa shape index (κ2) is 32.0. The topological polar surface area (TPSA) is 280 Å². The van der Waals surface area contributed by atoms with Crippen LogP contribution in [0.2, 0.25) is 5.02 Å². The standard InChI is InChI=1S/C66H91BrClN5O15/c1-14-66-54(34-55(76)73(12)50-31-45(30-40(5)57(50)68)29-39(4)19-17-22-53(84-13)65(83)35-52(85-56(77)36-65)42(7)58(66)87-66)86-62(81)43(8)72(11)60(79)46-25-23-44(24-26-46)32-51(75)49(21-18-28-70-63(69)82)71-59(78)48(38(2)3)33-47(74)20-15-16-27-64(9,10)88-61(80)41(6)37-67/h17,19,22-26,30-31,38,42-43,48-49,52-54,58,83H,6,14-16,18,20-21,27-29,32-37H2,1-5,7-13H3,(H,71,78)(H3,69,70,82)/b22-17+,39-19+/t42-,43+,48+,49+,52+,53-,54+,58+,65-,66+/m1/s1. The summed E-state index contributed by atoms with van der Waals surface area (Å²) in [5.41, 5.74) is 5.59. The van der Waals surface area contributed by atoms with E-state index >= 15 is 0 Å². The number of unbranched alkanes of at least 4 members (excludes halogenated alkanes) is 1. The number of amides is 5. The van der Waals surface area contributed by atoms with Crippen molar-refractivity contribution in [2.24, 2.45) is 23.5 Å². The fraction of sp³-hybridized carbons (Fsp3) is 0.591. The highest BCUT2D eigenvalue weighted by molar-refractivity contribution is 9.09. The summed E-state index contributed by atoms with van der Waals surface area (Å²) in [7, 11) is 4.49. The van der Waals surface area contributed by atoms with E-state index in [0.29, 0.717) is 59.3 Å². The molecule has 20 nitrogen and oxygen atoms in total. The van der Waals surface area contributed by atoms with Crippen LogP contribution in [0.15, 0.2) is 72.4 Å². The fourth-order valence-corrected chi connectivity index (χ4v) is 12.0. The summed E-state index contributed by atoms with van der Waals surface area (Å²) >= 11 is 10.1. The number of aliphatic hydroxyl groups is 1. The summed E-state index contributed by atoms with van der Waals surface area (Å²) in [5.74, 6) is -5.49. The Morgan fingerprint density at radius 2 is 1.73 bits per heavy atom. The molecular weight excluding hydrogens is 1220 g/mol. The van der Waals surface area contributed by atoms with E-state index in [1.165, 1.54) is 43.0 Å². The van der Waals surface area contributed by atoms with Gasteiger partial charge in [-0.25, -0.2) is 14.4 Å². The SMILES string of the molecule is C=C(CBr)C(=O)OC(C)(C)CCCCC(=O)C[C@H](C(=O)N[C@@H](CCCNC(N)=O)C(=O)Cc1ccc(C(=O)N(C)[C@@H](C)C(=O)O[C@H]2CC(=O)N(C)c3cc(cc(C)c3Cl)C/C(C)=C/C=C/[C@@H](OC)[C@]3(O)CC(=O)O[C@@H](C3)[C@@H](C)[C@@H]3O[C@@]23CC)cc1)C(C)C. The molecule has 2 saturated heterocycles. The van der Waals surface area contributed by atoms with Gasteiger partial charge in [0.1, 0.15) is 46.9 Å². The Hall–Kier alpha value is -6.26. The van der Waals surface area contributed by atoms with E-state index in [9.17, 15) is 48.3 Å². The van der Waals surface area contributed by atoms with E-state index in [1.54, 1.807) is 45.2 Å². The number of esters is 3. The number of hydrogen-bond acceptors (Lipinski definition) is 15. The van der Waals surface area contributed by atoms with Crippen LogP contribution in [-0.2, 0) is 70.1 Å². The van der Waals surface area contributed by atoms with Gasteiger partial charge in [0.15, 0.2) is 5.78 Å². The van der Waals surface area contributed by atoms with Gasteiger partial charge in [0, 0.05) is 81.7 Å². The number of carbonyl (C=O) groups is 9. The monoisotopic (exact) mass is 1310 g/mol. The Labute approximate surface area is 531 Å². The van der Waals surface area contributed by atoms with Gasteiger partial charge in [-0.15, -0.1) is 0 Å². The van der Waals surface area contributed by atoms with Crippen molar-refractivity contribution in [1.29, 1.82) is 0 Å². The summed E-state index contributed by atoms with van der Waals surface area (Å²) in [6.07, 6.45) is 3.84. The zero-order valence-corrected chi connectivity index (χ0v) is 55.4. The largest absolute Gasteiger partial charge is 0.462 e. The summed E-state index contributed by atoms with van der Waals surface area (Å²) in [6, 6.07) is 7.03. The number of ether oxygens (including phenoxy) is 5. The maximum absolute atomic E-state index is 14.6. The molecule has 3 heterocycles. The number of nitrogens with two attached hydrogens (primary N) is 1. The third-order valence-corrected chi connectivity index (χ3v) is 18.4. The molecule has 2 aromatic rings. The van der Waals surface area contributed by atoms with Gasteiger partial charge in [0.2, 0.25) is 11.8 Å². The molecular formula is C66H91BrClN5O15. The van der Waals surface area contributed by atoms with Gasteiger partial charge in [-0.2, -0.15) is 0 Å². The lowest BCUT2D eigenvalue weighted by Crippen LogP contribution is -2.53. The van der Waals surface area contributed by atoms with Gasteiger partial charge in [0.05, 0.1) is 35.7 Å². The van der Waals surface area contributed by atoms with Crippen LogP contribution in [0, 0.1) is 24.7 Å². The molecule has 22 heteroatoms. The average Bonchev–Trinajstić information content (AvgIpc) is 1.57. The van der Waals surface area contributed by atoms with E-state index in [2.05, 4.69) is 33.1 Å². The first-order valence-corrected chi connectivity index (χ1v) is 31.7. The van der Waals surface area contributed by atoms with Crippen LogP contribution in [0.25, 0.3) is 0 Å². The number of allylic oxidation sites excluding steroid dienone is 3. The molecule has 0 unspecified atom stereocenters. The number of Topliss-reactive ketones (excluding diaryl/α,β-unsaturated/α-hetero) is 2. The molecule has 484 valence electrons. The third-order valence-electron chi connectivity index (χ3n) is 17.2. The maximum atomic E-state index is 14.6. The number of alkyl halides is 1. The van der Waals surface area contributed by atoms with Crippen molar-refractivity contribution in [3.63, 3.8) is 0 Å². The number of methoxy groups -OCH3 is 1. The smallest absolute Gasteiger partial charge is 0.334 e. The second-order valence-corrected chi connectivity index (χ2v) is 25.8. The van der Waals surface area contributed by atoms with Gasteiger partial charge in [-0.05, 0) is 120 Å². The summed E-state index contributed by atoms with van der Waals surface area (Å²) in [5, 5.41) is 18.1. The van der Waals surface area contributed by atoms with Crippen LogP contribution in [0.3, 0.4) is 0 Å². The number of benzene rings is 2. The lowest BCUT2D eigenvalue weighted by Gasteiger charge is -2.41. The molecule has 0 radical (unpaired) electrons. The average molecular weight is 1310 g/mol. The zero-order valence-electron chi connectivity index (χ0n) is 53.1. The van der Waals surface area contributed by atoms with Gasteiger partial charge < -0.3 is 55.0 Å². The van der Waals surface area contributed by atoms with Gasteiger partial charge in [0.25, 0.3) is 5.91 Å². The second-order valence-electron chi connectivity index (χ2n) is 24.9. The first kappa shape index (κ1) is 72.5. The Kier molecular flexibility index (Phi) is 26.3. The van der Waals surface area contributed by atoms with E-state index < -0.39 is 107 Å². The van der Waals surface area contributed by atoms with Crippen molar-refractivity contribution < 1.29 is 71.9 Å². The lowest BCUT2D eigenvalue weighted by molar-refractivity contribution is -0.187. The highest BCUT2D eigenvalue weighted by atomic mass is 79.9. The normalized spacial score (nSPS) is 24.2. The third kappa shape index (κ3) is 19.4. The molecule has 5 N–H and O–H groups in total. The van der Waals surface area contributed by atoms with E-state index in [0.717, 1.165) is 16.7 Å². The van der Waals surface area contributed by atoms with E-state index in [1.807, 2.05) is 59.8 Å². The number of anilines is 1. The van der Waals surface area contributed by atoms with Crippen molar-refractivity contribution in [1.82, 2.24) is 15.5 Å². The number of nitrogens with one attached hydrogen (secondary N) is 2. The van der Waals surface area contributed by atoms with E-state index in [-0.39, 0.29) is 81.0 Å². The highest BCUT2D eigenvalue weighted by Gasteiger charge is 2.66. The quantitative estimate of drug-likeness (QED) is 0.0171. The number of carbonyl (C=O) groups excluding carboxylic acids is 9. The fourth-order valence-electron chi connectivity index (χ4n) is 11.5. The Morgan fingerprint density at radius 1 is 1.05 bits per heavy atom. The molecule has 0 aromatic heterocycles. The van der Waals surface area contributed by atoms with Crippen molar-refractivity contribution in [3.05, 3.63) is 99.6 Å². The summed E-state index contributed by atoms with van der Waals surface area (Å²) < 4.78 is 30.1. The first-order chi connectivity index (χ1) is 41.3. The Balaban J connectivity index is 1.31. The number of halogens is 2. The molecule has 5 amide bonds. The first-order valence-electron chi connectivity index (χ1n) is 30.2. The maximum Gasteiger partial charge on any atom is 0.334 e. The van der Waals surface area contributed by atoms with E-state index in [4.69, 9.17) is 41.0 Å². The predicted octanol–water partition coefficient (Wildman–Crippen LogP) is 8.88. The molecule has 3 aliphatic rings. The van der Waals surface area contributed by atoms with Crippen molar-refractivity contribution in [2.75, 3.05) is 38.0 Å². The molecule has 88 heavy (non-hydrogen) atoms. The van der Waals surface area contributed by atoms with Gasteiger partial charge in [-0.3, -0.25) is 28.8 Å². The molecule has 10 atom stereocenters. The lowest BCUT2D eigenvalue weighted by atomic mass is 9.77. The number of primary amides is 1. The Morgan fingerprint density at radius 3 is 2.35 bits per heavy atom. The van der Waals surface area contributed by atoms with Crippen molar-refractivity contribution >= 4 is 86.4 Å². The molecule has 0 saturated carbocycles. The number of urea groups is 1. The zero-order chi connectivity index (χ0) is 65.6. The minimum absolute atomic E-state index is 0.00322. The number of hydrogen-bond donors (Lipinski definition) is 4. The number of nitrogens with zero attached hydrogens (tertiary/aromatic N) is 2. The molecule has 0 aliphatic carbocycles. The highest BCUT2D eigenvalue weighted by Crippen LogP contribution is 2.52. The number of epoxide rings is 1. The molecule has 2 aromatic carbocycles. The van der Waals surface area contributed by atoms with Crippen LogP contribution in [-0.4, -0.2) is 150 Å². The van der Waals surface area contributed by atoms with Crippen molar-refractivity contribution in [3.8, 4) is 0 Å². The molecule has 0 spiro atoms. The van der Waals surface area contributed by atoms with Crippen LogP contribution in [0.5, 0.6) is 0 Å². The van der Waals surface area contributed by atoms with Gasteiger partial charge >= 0.3 is 23.9 Å².